The molecule has 0 spiro atoms. The Balaban J connectivity index is 2.97. The van der Waals surface area contributed by atoms with E-state index in [1.807, 2.05) is 0 Å². The average molecular weight is 395 g/mol. The van der Waals surface area contributed by atoms with E-state index in [-0.39, 0.29) is 0 Å². The van der Waals surface area contributed by atoms with E-state index in [0.717, 1.165) is 19.1 Å². The van der Waals surface area contributed by atoms with Crippen molar-refractivity contribution in [2.24, 2.45) is 0 Å². The summed E-state index contributed by atoms with van der Waals surface area (Å²) in [5.41, 5.74) is 0. The van der Waals surface area contributed by atoms with Crippen molar-refractivity contribution in [3.63, 3.8) is 0 Å². The first-order valence-corrected chi connectivity index (χ1v) is 13.4. The van der Waals surface area contributed by atoms with Crippen LogP contribution >= 0.6 is 0 Å². The molecule has 0 aliphatic rings. The molecule has 0 saturated heterocycles. The fraction of sp³-hybridized carbons (Fsp3) is 0.963. The average Bonchev–Trinajstić information content (AvgIpc) is 2.71. The van der Waals surface area contributed by atoms with Crippen LogP contribution in [0.5, 0.6) is 0 Å². The number of hydrogen-bond acceptors (Lipinski definition) is 1. The summed E-state index contributed by atoms with van der Waals surface area (Å²) in [6.45, 7) is 2.30. The predicted molar refractivity (Wildman–Crippen MR) is 127 cm³/mol. The van der Waals surface area contributed by atoms with Gasteiger partial charge in [0.1, 0.15) is 6.29 Å². The molecule has 0 heterocycles. The second-order valence-electron chi connectivity index (χ2n) is 9.09. The van der Waals surface area contributed by atoms with Crippen molar-refractivity contribution in [1.82, 2.24) is 0 Å². The number of unbranched alkanes of at least 4 members (excludes halogenated alkanes) is 24. The topological polar surface area (TPSA) is 17.1 Å². The van der Waals surface area contributed by atoms with E-state index in [0.29, 0.717) is 0 Å². The molecule has 0 saturated carbocycles. The quantitative estimate of drug-likeness (QED) is 0.111. The minimum absolute atomic E-state index is 0.763. The van der Waals surface area contributed by atoms with Gasteiger partial charge in [-0.2, -0.15) is 0 Å². The molecule has 168 valence electrons. The first-order chi connectivity index (χ1) is 13.9. The van der Waals surface area contributed by atoms with Crippen LogP contribution in [0.4, 0.5) is 0 Å². The second kappa shape index (κ2) is 26.7. The molecule has 0 bridgehead atoms. The summed E-state index contributed by atoms with van der Waals surface area (Å²) in [6, 6.07) is 0. The van der Waals surface area contributed by atoms with Crippen LogP contribution in [0.15, 0.2) is 0 Å². The molecule has 0 aromatic carbocycles. The van der Waals surface area contributed by atoms with Crippen LogP contribution in [0.1, 0.15) is 167 Å². The van der Waals surface area contributed by atoms with Crippen molar-refractivity contribution in [3.05, 3.63) is 0 Å². The number of carbonyl (C=O) groups excluding carboxylic acids is 1. The molecule has 1 nitrogen and oxygen atoms in total. The van der Waals surface area contributed by atoms with Gasteiger partial charge in [-0.15, -0.1) is 0 Å². The molecular formula is C27H54O. The van der Waals surface area contributed by atoms with Crippen molar-refractivity contribution in [2.45, 2.75) is 167 Å². The first-order valence-electron chi connectivity index (χ1n) is 13.4. The first kappa shape index (κ1) is 27.7. The van der Waals surface area contributed by atoms with Gasteiger partial charge in [0.15, 0.2) is 0 Å². The van der Waals surface area contributed by atoms with Gasteiger partial charge in [-0.3, -0.25) is 0 Å². The summed E-state index contributed by atoms with van der Waals surface area (Å²) in [6.07, 6.45) is 36.0. The van der Waals surface area contributed by atoms with Crippen molar-refractivity contribution >= 4 is 6.29 Å². The van der Waals surface area contributed by atoms with Crippen LogP contribution < -0.4 is 0 Å². The maximum absolute atomic E-state index is 10.2. The summed E-state index contributed by atoms with van der Waals surface area (Å²) < 4.78 is 0. The molecule has 0 radical (unpaired) electrons. The predicted octanol–water partition coefficient (Wildman–Crippen LogP) is 9.96. The Morgan fingerprint density at radius 3 is 0.786 bits per heavy atom. The van der Waals surface area contributed by atoms with Gasteiger partial charge in [-0.05, 0) is 6.42 Å². The lowest BCUT2D eigenvalue weighted by Gasteiger charge is -2.04. The zero-order valence-corrected chi connectivity index (χ0v) is 19.7. The minimum Gasteiger partial charge on any atom is -0.303 e. The highest BCUT2D eigenvalue weighted by Crippen LogP contribution is 2.15. The van der Waals surface area contributed by atoms with Crippen molar-refractivity contribution in [2.75, 3.05) is 0 Å². The Morgan fingerprint density at radius 1 is 0.357 bits per heavy atom. The molecular weight excluding hydrogens is 340 g/mol. The van der Waals surface area contributed by atoms with Crippen LogP contribution in [-0.2, 0) is 4.79 Å². The Hall–Kier alpha value is -0.330. The largest absolute Gasteiger partial charge is 0.303 e. The zero-order valence-electron chi connectivity index (χ0n) is 19.7. The third-order valence-electron chi connectivity index (χ3n) is 6.18. The molecule has 0 aliphatic heterocycles. The van der Waals surface area contributed by atoms with E-state index >= 15 is 0 Å². The van der Waals surface area contributed by atoms with Gasteiger partial charge in [0.25, 0.3) is 0 Å². The molecule has 0 aromatic rings. The van der Waals surface area contributed by atoms with Crippen molar-refractivity contribution in [3.8, 4) is 0 Å². The highest BCUT2D eigenvalue weighted by Gasteiger charge is 1.96. The highest BCUT2D eigenvalue weighted by atomic mass is 16.1. The molecule has 0 rings (SSSR count). The van der Waals surface area contributed by atoms with Gasteiger partial charge in [0.2, 0.25) is 0 Å². The van der Waals surface area contributed by atoms with Crippen LogP contribution in [0.3, 0.4) is 0 Å². The normalized spacial score (nSPS) is 11.2. The van der Waals surface area contributed by atoms with E-state index in [1.165, 1.54) is 148 Å². The van der Waals surface area contributed by atoms with Gasteiger partial charge in [-0.1, -0.05) is 155 Å². The Morgan fingerprint density at radius 2 is 0.571 bits per heavy atom. The lowest BCUT2D eigenvalue weighted by molar-refractivity contribution is -0.107. The fourth-order valence-electron chi connectivity index (χ4n) is 4.19. The van der Waals surface area contributed by atoms with E-state index in [2.05, 4.69) is 6.92 Å². The second-order valence-corrected chi connectivity index (χ2v) is 9.09. The molecule has 0 amide bonds. The molecule has 0 fully saturated rings. The molecule has 1 heteroatoms. The third-order valence-corrected chi connectivity index (χ3v) is 6.18. The molecule has 0 aliphatic carbocycles. The maximum atomic E-state index is 10.2. The molecule has 0 aromatic heterocycles. The van der Waals surface area contributed by atoms with Gasteiger partial charge in [0.05, 0.1) is 0 Å². The van der Waals surface area contributed by atoms with Crippen molar-refractivity contribution < 1.29 is 4.79 Å². The van der Waals surface area contributed by atoms with Crippen LogP contribution in [0, 0.1) is 0 Å². The molecule has 0 unspecified atom stereocenters. The summed E-state index contributed by atoms with van der Waals surface area (Å²) >= 11 is 0. The zero-order chi connectivity index (χ0) is 20.4. The van der Waals surface area contributed by atoms with Gasteiger partial charge in [0, 0.05) is 6.42 Å². The minimum atomic E-state index is 0.763. The van der Waals surface area contributed by atoms with Crippen LogP contribution in [0.25, 0.3) is 0 Å². The smallest absolute Gasteiger partial charge is 0.119 e. The number of aldehydes is 1. The third kappa shape index (κ3) is 25.7. The summed E-state index contributed by atoms with van der Waals surface area (Å²) in [7, 11) is 0. The van der Waals surface area contributed by atoms with Gasteiger partial charge >= 0.3 is 0 Å². The Bertz CT molecular complexity index is 273. The summed E-state index contributed by atoms with van der Waals surface area (Å²) in [4.78, 5) is 10.2. The van der Waals surface area contributed by atoms with Crippen LogP contribution in [0.2, 0.25) is 0 Å². The van der Waals surface area contributed by atoms with E-state index < -0.39 is 0 Å². The standard InChI is InChI=1S/C27H54O/c1-2-3-4-5-6-7-8-9-10-11-12-13-14-15-16-17-18-19-20-21-22-23-24-25-26-27-28/h27H,2-26H2,1H3. The highest BCUT2D eigenvalue weighted by molar-refractivity contribution is 5.48. The molecule has 0 atom stereocenters. The van der Waals surface area contributed by atoms with Crippen molar-refractivity contribution in [1.29, 1.82) is 0 Å². The monoisotopic (exact) mass is 394 g/mol. The lowest BCUT2D eigenvalue weighted by Crippen LogP contribution is -1.84. The SMILES string of the molecule is CCCCCCCCCCCCCCCCCCCCCCCCCCC=O. The van der Waals surface area contributed by atoms with E-state index in [4.69, 9.17) is 0 Å². The van der Waals surface area contributed by atoms with Crippen LogP contribution in [-0.4, -0.2) is 6.29 Å². The summed E-state index contributed by atoms with van der Waals surface area (Å²) in [5, 5.41) is 0. The number of carbonyl (C=O) groups is 1. The van der Waals surface area contributed by atoms with Gasteiger partial charge < -0.3 is 4.79 Å². The number of hydrogen-bond donors (Lipinski definition) is 0. The van der Waals surface area contributed by atoms with E-state index in [1.54, 1.807) is 0 Å². The fourth-order valence-corrected chi connectivity index (χ4v) is 4.19. The summed E-state index contributed by atoms with van der Waals surface area (Å²) in [5.74, 6) is 0. The Kier molecular flexibility index (Phi) is 26.4. The Labute approximate surface area is 178 Å². The maximum Gasteiger partial charge on any atom is 0.119 e. The lowest BCUT2D eigenvalue weighted by atomic mass is 10.0. The number of rotatable bonds is 25. The molecule has 28 heavy (non-hydrogen) atoms. The van der Waals surface area contributed by atoms with E-state index in [9.17, 15) is 4.79 Å². The van der Waals surface area contributed by atoms with Gasteiger partial charge in [-0.25, -0.2) is 0 Å². The molecule has 0 N–H and O–H groups in total.